The number of rotatable bonds is 5. The molecule has 1 aliphatic heterocycles. The number of benzene rings is 2. The molecule has 3 aromatic rings. The van der Waals surface area contributed by atoms with Gasteiger partial charge in [0.2, 0.25) is 15.9 Å². The second kappa shape index (κ2) is 9.08. The smallest absolute Gasteiger partial charge is 0.243 e. The fraction of sp³-hybridized carbons (Fsp3) is 0.273. The molecule has 2 aromatic carbocycles. The van der Waals surface area contributed by atoms with Crippen molar-refractivity contribution in [2.24, 2.45) is 5.92 Å². The Labute approximate surface area is 190 Å². The highest BCUT2D eigenvalue weighted by atomic mass is 35.5. The Morgan fingerprint density at radius 1 is 1.10 bits per heavy atom. The number of nitrogens with zero attached hydrogens (tertiary/aromatic N) is 2. The van der Waals surface area contributed by atoms with Crippen LogP contribution in [0.4, 0.5) is 5.13 Å². The molecule has 1 amide bonds. The van der Waals surface area contributed by atoms with E-state index in [1.165, 1.54) is 33.3 Å². The first kappa shape index (κ1) is 22.0. The number of aromatic nitrogens is 1. The molecule has 0 unspecified atom stereocenters. The number of anilines is 1. The Bertz CT molecular complexity index is 1170. The largest absolute Gasteiger partial charge is 0.302 e. The predicted molar refractivity (Wildman–Crippen MR) is 124 cm³/mol. The quantitative estimate of drug-likeness (QED) is 0.574. The van der Waals surface area contributed by atoms with Crippen LogP contribution < -0.4 is 5.32 Å². The zero-order valence-corrected chi connectivity index (χ0v) is 19.3. The van der Waals surface area contributed by atoms with Gasteiger partial charge in [-0.1, -0.05) is 41.4 Å². The van der Waals surface area contributed by atoms with Crippen molar-refractivity contribution in [2.45, 2.75) is 24.7 Å². The third kappa shape index (κ3) is 4.98. The number of halogens is 1. The van der Waals surface area contributed by atoms with Gasteiger partial charge in [0.15, 0.2) is 5.13 Å². The lowest BCUT2D eigenvalue weighted by Crippen LogP contribution is -2.41. The molecule has 9 heteroatoms. The number of piperidine rings is 1. The minimum atomic E-state index is -3.58. The van der Waals surface area contributed by atoms with Gasteiger partial charge in [-0.15, -0.1) is 11.3 Å². The molecule has 31 heavy (non-hydrogen) atoms. The van der Waals surface area contributed by atoms with E-state index in [9.17, 15) is 13.2 Å². The third-order valence-electron chi connectivity index (χ3n) is 5.36. The summed E-state index contributed by atoms with van der Waals surface area (Å²) in [5.41, 5.74) is 3.00. The fourth-order valence-corrected chi connectivity index (χ4v) is 5.83. The molecule has 1 fully saturated rings. The summed E-state index contributed by atoms with van der Waals surface area (Å²) in [4.78, 5) is 17.4. The maximum Gasteiger partial charge on any atom is 0.243 e. The molecule has 0 radical (unpaired) electrons. The molecule has 2 heterocycles. The number of aryl methyl sites for hydroxylation is 1. The van der Waals surface area contributed by atoms with E-state index in [-0.39, 0.29) is 16.7 Å². The van der Waals surface area contributed by atoms with Crippen molar-refractivity contribution in [1.29, 1.82) is 0 Å². The molecule has 0 saturated carbocycles. The minimum Gasteiger partial charge on any atom is -0.302 e. The summed E-state index contributed by atoms with van der Waals surface area (Å²) in [6.45, 7) is 2.63. The molecule has 4 rings (SSSR count). The van der Waals surface area contributed by atoms with Gasteiger partial charge in [0, 0.05) is 35.0 Å². The molecular weight excluding hydrogens is 454 g/mol. The molecule has 1 aromatic heterocycles. The lowest BCUT2D eigenvalue weighted by atomic mass is 9.97. The van der Waals surface area contributed by atoms with E-state index < -0.39 is 10.0 Å². The summed E-state index contributed by atoms with van der Waals surface area (Å²) in [6, 6.07) is 14.2. The Hall–Kier alpha value is -2.26. The Morgan fingerprint density at radius 3 is 2.39 bits per heavy atom. The van der Waals surface area contributed by atoms with Gasteiger partial charge in [-0.2, -0.15) is 4.31 Å². The van der Waals surface area contributed by atoms with E-state index in [0.29, 0.717) is 36.1 Å². The number of hydrogen-bond acceptors (Lipinski definition) is 5. The second-order valence-corrected chi connectivity index (χ2v) is 10.8. The van der Waals surface area contributed by atoms with Crippen molar-refractivity contribution < 1.29 is 13.2 Å². The summed E-state index contributed by atoms with van der Waals surface area (Å²) < 4.78 is 27.0. The van der Waals surface area contributed by atoms with Crippen molar-refractivity contribution in [3.63, 3.8) is 0 Å². The molecule has 6 nitrogen and oxygen atoms in total. The highest BCUT2D eigenvalue weighted by Gasteiger charge is 2.32. The lowest BCUT2D eigenvalue weighted by molar-refractivity contribution is -0.120. The zero-order valence-electron chi connectivity index (χ0n) is 16.9. The number of thiazole rings is 1. The van der Waals surface area contributed by atoms with Gasteiger partial charge in [-0.05, 0) is 44.0 Å². The SMILES string of the molecule is Cc1ccc(-c2csc(NC(=O)C3CCN(S(=O)(=O)c4ccc(Cl)cc4)CC3)n2)cc1. The summed E-state index contributed by atoms with van der Waals surface area (Å²) in [6.07, 6.45) is 0.934. The van der Waals surface area contributed by atoms with Gasteiger partial charge in [0.1, 0.15) is 0 Å². The van der Waals surface area contributed by atoms with Gasteiger partial charge in [0.05, 0.1) is 10.6 Å². The molecule has 1 N–H and O–H groups in total. The van der Waals surface area contributed by atoms with E-state index >= 15 is 0 Å². The Kier molecular flexibility index (Phi) is 6.43. The van der Waals surface area contributed by atoms with E-state index in [1.807, 2.05) is 36.6 Å². The molecule has 0 aliphatic carbocycles. The van der Waals surface area contributed by atoms with Crippen molar-refractivity contribution in [3.8, 4) is 11.3 Å². The van der Waals surface area contributed by atoms with E-state index in [0.717, 1.165) is 11.3 Å². The first-order chi connectivity index (χ1) is 14.8. The first-order valence-electron chi connectivity index (χ1n) is 9.92. The Balaban J connectivity index is 1.35. The summed E-state index contributed by atoms with van der Waals surface area (Å²) in [7, 11) is -3.58. The van der Waals surface area contributed by atoms with Crippen LogP contribution in [0.5, 0.6) is 0 Å². The minimum absolute atomic E-state index is 0.117. The first-order valence-corrected chi connectivity index (χ1v) is 12.6. The number of sulfonamides is 1. The van der Waals surface area contributed by atoms with E-state index in [4.69, 9.17) is 11.6 Å². The van der Waals surface area contributed by atoms with Crippen LogP contribution in [0.2, 0.25) is 5.02 Å². The average Bonchev–Trinajstić information content (AvgIpc) is 3.23. The topological polar surface area (TPSA) is 79.4 Å². The van der Waals surface area contributed by atoms with Gasteiger partial charge in [-0.25, -0.2) is 13.4 Å². The molecule has 162 valence electrons. The van der Waals surface area contributed by atoms with Gasteiger partial charge < -0.3 is 5.32 Å². The maximum atomic E-state index is 12.8. The van der Waals surface area contributed by atoms with Gasteiger partial charge >= 0.3 is 0 Å². The van der Waals surface area contributed by atoms with Crippen molar-refractivity contribution in [3.05, 3.63) is 64.5 Å². The van der Waals surface area contributed by atoms with Crippen LogP contribution in [0.3, 0.4) is 0 Å². The average molecular weight is 476 g/mol. The molecule has 0 spiro atoms. The number of nitrogens with one attached hydrogen (secondary N) is 1. The highest BCUT2D eigenvalue weighted by Crippen LogP contribution is 2.28. The lowest BCUT2D eigenvalue weighted by Gasteiger charge is -2.30. The zero-order chi connectivity index (χ0) is 22.0. The fourth-order valence-electron chi connectivity index (χ4n) is 3.51. The number of hydrogen-bond donors (Lipinski definition) is 1. The normalized spacial score (nSPS) is 15.7. The van der Waals surface area contributed by atoms with Crippen LogP contribution in [0.25, 0.3) is 11.3 Å². The standard InChI is InChI=1S/C22H22ClN3O3S2/c1-15-2-4-16(5-3-15)20-14-30-22(24-20)25-21(27)17-10-12-26(13-11-17)31(28,29)19-8-6-18(23)7-9-19/h2-9,14,17H,10-13H2,1H3,(H,24,25,27). The summed E-state index contributed by atoms with van der Waals surface area (Å²) in [5, 5.41) is 5.85. The molecule has 1 aliphatic rings. The van der Waals surface area contributed by atoms with E-state index in [2.05, 4.69) is 10.3 Å². The van der Waals surface area contributed by atoms with Crippen molar-refractivity contribution >= 4 is 44.0 Å². The van der Waals surface area contributed by atoms with Gasteiger partial charge in [-0.3, -0.25) is 4.79 Å². The number of carbonyl (C=O) groups is 1. The summed E-state index contributed by atoms with van der Waals surface area (Å²) in [5.74, 6) is -0.364. The number of amides is 1. The highest BCUT2D eigenvalue weighted by molar-refractivity contribution is 7.89. The molecule has 0 atom stereocenters. The van der Waals surface area contributed by atoms with Crippen LogP contribution in [-0.4, -0.2) is 36.7 Å². The number of carbonyl (C=O) groups excluding carboxylic acids is 1. The van der Waals surface area contributed by atoms with E-state index in [1.54, 1.807) is 12.1 Å². The van der Waals surface area contributed by atoms with Gasteiger partial charge in [0.25, 0.3) is 0 Å². The second-order valence-electron chi connectivity index (χ2n) is 7.53. The summed E-state index contributed by atoms with van der Waals surface area (Å²) >= 11 is 7.24. The van der Waals surface area contributed by atoms with Crippen molar-refractivity contribution in [1.82, 2.24) is 9.29 Å². The Morgan fingerprint density at radius 2 is 1.74 bits per heavy atom. The van der Waals surface area contributed by atoms with Crippen LogP contribution in [-0.2, 0) is 14.8 Å². The maximum absolute atomic E-state index is 12.8. The van der Waals surface area contributed by atoms with Crippen LogP contribution in [0.15, 0.2) is 58.8 Å². The monoisotopic (exact) mass is 475 g/mol. The predicted octanol–water partition coefficient (Wildman–Crippen LogP) is 4.81. The van der Waals surface area contributed by atoms with Crippen molar-refractivity contribution in [2.75, 3.05) is 18.4 Å². The van der Waals surface area contributed by atoms with Crippen LogP contribution in [0, 0.1) is 12.8 Å². The van der Waals surface area contributed by atoms with Crippen LogP contribution >= 0.6 is 22.9 Å². The molecular formula is C22H22ClN3O3S2. The molecule has 0 bridgehead atoms. The van der Waals surface area contributed by atoms with Crippen LogP contribution in [0.1, 0.15) is 18.4 Å². The third-order valence-corrected chi connectivity index (χ3v) is 8.28. The molecule has 1 saturated heterocycles.